The van der Waals surface area contributed by atoms with Crippen LogP contribution in [0, 0.1) is 6.92 Å². The molecule has 3 rings (SSSR count). The third-order valence-corrected chi connectivity index (χ3v) is 5.02. The van der Waals surface area contributed by atoms with Crippen LogP contribution in [0.2, 0.25) is 0 Å². The summed E-state index contributed by atoms with van der Waals surface area (Å²) in [7, 11) is 0. The Labute approximate surface area is 174 Å². The Morgan fingerprint density at radius 3 is 2.73 bits per heavy atom. The molecule has 2 atom stereocenters. The van der Waals surface area contributed by atoms with Gasteiger partial charge in [-0.1, -0.05) is 29.4 Å². The van der Waals surface area contributed by atoms with E-state index in [1.54, 1.807) is 13.0 Å². The first-order valence-electron chi connectivity index (χ1n) is 9.65. The standard InChI is InChI=1S/C21H25N5O4/c1-13-6-18(30-25-13)8-20(28)26-12-17(27)7-19(26)21(29)24-11-14-2-4-15(5-3-14)16(9-22)10-23/h2-6,9-10,17,19,22,27H,7-8,11-12,23H2,1H3,(H,24,29)/p+1/b16-10+,22-9?/t17-,19+/m1/s1. The molecule has 0 saturated carbocycles. The molecule has 30 heavy (non-hydrogen) atoms. The molecule has 0 radical (unpaired) electrons. The van der Waals surface area contributed by atoms with E-state index < -0.39 is 12.1 Å². The Morgan fingerprint density at radius 1 is 1.40 bits per heavy atom. The van der Waals surface area contributed by atoms with Gasteiger partial charge in [-0.3, -0.25) is 15.0 Å². The van der Waals surface area contributed by atoms with Crippen LogP contribution < -0.4 is 16.5 Å². The summed E-state index contributed by atoms with van der Waals surface area (Å²) >= 11 is 0. The van der Waals surface area contributed by atoms with Crippen molar-refractivity contribution in [2.24, 2.45) is 5.73 Å². The number of benzene rings is 1. The van der Waals surface area contributed by atoms with Gasteiger partial charge in [-0.2, -0.15) is 0 Å². The summed E-state index contributed by atoms with van der Waals surface area (Å²) in [6, 6.07) is 8.39. The van der Waals surface area contributed by atoms with E-state index in [0.29, 0.717) is 23.6 Å². The SMILES string of the molecule is Cc1cc(CC(=O)N2C[C@H](O)C[C@H]2C(=O)NCc2ccc(/C(C=[NH2+])=C/N)cc2)on1. The molecule has 6 N–H and O–H groups in total. The summed E-state index contributed by atoms with van der Waals surface area (Å²) in [6.45, 7) is 2.17. The minimum atomic E-state index is -0.741. The predicted octanol–water partition coefficient (Wildman–Crippen LogP) is -1.07. The number of aryl methyl sites for hydroxylation is 1. The number of carbonyl (C=O) groups excluding carboxylic acids is 2. The second kappa shape index (κ2) is 9.36. The van der Waals surface area contributed by atoms with E-state index in [-0.39, 0.29) is 31.2 Å². The lowest BCUT2D eigenvalue weighted by Gasteiger charge is -2.23. The molecule has 0 unspecified atom stereocenters. The van der Waals surface area contributed by atoms with E-state index in [9.17, 15) is 14.7 Å². The fourth-order valence-electron chi connectivity index (χ4n) is 3.46. The molecule has 0 spiro atoms. The molecule has 9 nitrogen and oxygen atoms in total. The van der Waals surface area contributed by atoms with Crippen molar-refractivity contribution in [3.8, 4) is 0 Å². The average Bonchev–Trinajstić information content (AvgIpc) is 3.33. The molecule has 9 heteroatoms. The maximum atomic E-state index is 12.7. The Bertz CT molecular complexity index is 951. The minimum absolute atomic E-state index is 0.00600. The van der Waals surface area contributed by atoms with Crippen molar-refractivity contribution in [2.45, 2.75) is 38.5 Å². The van der Waals surface area contributed by atoms with Crippen LogP contribution in [0.25, 0.3) is 5.57 Å². The molecule has 1 aliphatic heterocycles. The van der Waals surface area contributed by atoms with E-state index in [2.05, 4.69) is 10.5 Å². The molecule has 2 amide bonds. The summed E-state index contributed by atoms with van der Waals surface area (Å²) in [4.78, 5) is 26.7. The number of aliphatic hydroxyl groups excluding tert-OH is 1. The number of likely N-dealkylation sites (tertiary alicyclic amines) is 1. The largest absolute Gasteiger partial charge is 0.404 e. The van der Waals surface area contributed by atoms with Crippen LogP contribution in [-0.4, -0.2) is 51.9 Å². The lowest BCUT2D eigenvalue weighted by molar-refractivity contribution is -0.138. The van der Waals surface area contributed by atoms with Gasteiger partial charge in [-0.05, 0) is 18.1 Å². The van der Waals surface area contributed by atoms with Crippen LogP contribution in [0.5, 0.6) is 0 Å². The number of nitrogens with two attached hydrogens (primary N) is 2. The Morgan fingerprint density at radius 2 is 2.13 bits per heavy atom. The van der Waals surface area contributed by atoms with E-state index in [0.717, 1.165) is 11.1 Å². The zero-order chi connectivity index (χ0) is 21.7. The zero-order valence-corrected chi connectivity index (χ0v) is 16.7. The number of aliphatic hydroxyl groups is 1. The van der Waals surface area contributed by atoms with Crippen LogP contribution >= 0.6 is 0 Å². The number of β-amino-alcohol motifs (C(OH)–C–C–N with tert-alkyl or cyclic N) is 1. The van der Waals surface area contributed by atoms with Gasteiger partial charge in [-0.15, -0.1) is 0 Å². The highest BCUT2D eigenvalue weighted by molar-refractivity contribution is 6.06. The third-order valence-electron chi connectivity index (χ3n) is 5.02. The molecule has 1 aliphatic rings. The number of nitrogens with zero attached hydrogens (tertiary/aromatic N) is 2. The van der Waals surface area contributed by atoms with Crippen LogP contribution in [0.4, 0.5) is 0 Å². The Balaban J connectivity index is 1.60. The smallest absolute Gasteiger partial charge is 0.243 e. The number of nitrogens with one attached hydrogen (secondary N) is 1. The van der Waals surface area contributed by atoms with Crippen LogP contribution in [0.15, 0.2) is 41.1 Å². The lowest BCUT2D eigenvalue weighted by atomic mass is 10.1. The molecule has 1 saturated heterocycles. The van der Waals surface area contributed by atoms with Gasteiger partial charge in [0.1, 0.15) is 11.8 Å². The van der Waals surface area contributed by atoms with Crippen molar-refractivity contribution in [3.05, 3.63) is 59.1 Å². The van der Waals surface area contributed by atoms with E-state index in [1.165, 1.54) is 17.3 Å². The monoisotopic (exact) mass is 412 g/mol. The number of carbonyl (C=O) groups is 2. The molecule has 0 bridgehead atoms. The molecular weight excluding hydrogens is 386 g/mol. The number of allylic oxidation sites excluding steroid dienone is 1. The Kier molecular flexibility index (Phi) is 6.63. The van der Waals surface area contributed by atoms with E-state index in [1.807, 2.05) is 24.3 Å². The first-order valence-corrected chi connectivity index (χ1v) is 9.65. The number of hydrogen-bond donors (Lipinski definition) is 4. The minimum Gasteiger partial charge on any atom is -0.404 e. The van der Waals surface area contributed by atoms with E-state index in [4.69, 9.17) is 15.7 Å². The van der Waals surface area contributed by atoms with Gasteiger partial charge in [0, 0.05) is 31.8 Å². The summed E-state index contributed by atoms with van der Waals surface area (Å²) in [5.74, 6) is -0.166. The molecule has 0 aliphatic carbocycles. The van der Waals surface area contributed by atoms with Crippen molar-refractivity contribution >= 4 is 23.6 Å². The molecular formula is C21H26N5O4+. The predicted molar refractivity (Wildman–Crippen MR) is 110 cm³/mol. The fraction of sp³-hybridized carbons (Fsp3) is 0.333. The summed E-state index contributed by atoms with van der Waals surface area (Å²) in [5, 5.41) is 22.1. The van der Waals surface area contributed by atoms with E-state index >= 15 is 0 Å². The third kappa shape index (κ3) is 4.93. The van der Waals surface area contributed by atoms with Crippen molar-refractivity contribution in [1.29, 1.82) is 0 Å². The average molecular weight is 412 g/mol. The van der Waals surface area contributed by atoms with Gasteiger partial charge in [0.25, 0.3) is 0 Å². The number of rotatable bonds is 7. The molecule has 158 valence electrons. The van der Waals surface area contributed by atoms with Crippen LogP contribution in [-0.2, 0) is 22.6 Å². The second-order valence-electron chi connectivity index (χ2n) is 7.27. The lowest BCUT2D eigenvalue weighted by Crippen LogP contribution is -2.46. The van der Waals surface area contributed by atoms with Crippen LogP contribution in [0.3, 0.4) is 0 Å². The molecule has 2 heterocycles. The van der Waals surface area contributed by atoms with Gasteiger partial charge in [0.2, 0.25) is 11.8 Å². The first-order chi connectivity index (χ1) is 14.4. The Hall–Kier alpha value is -3.46. The van der Waals surface area contributed by atoms with Crippen molar-refractivity contribution < 1.29 is 24.6 Å². The number of aromatic nitrogens is 1. The van der Waals surface area contributed by atoms with Crippen LogP contribution in [0.1, 0.15) is 29.0 Å². The second-order valence-corrected chi connectivity index (χ2v) is 7.27. The molecule has 1 fully saturated rings. The quantitative estimate of drug-likeness (QED) is 0.426. The first kappa shape index (κ1) is 21.3. The van der Waals surface area contributed by atoms with Crippen molar-refractivity contribution in [3.63, 3.8) is 0 Å². The van der Waals surface area contributed by atoms with Crippen molar-refractivity contribution in [1.82, 2.24) is 15.4 Å². The topological polar surface area (TPSA) is 147 Å². The normalized spacial score (nSPS) is 19.0. The maximum absolute atomic E-state index is 12.7. The summed E-state index contributed by atoms with van der Waals surface area (Å²) in [5.41, 5.74) is 8.67. The zero-order valence-electron chi connectivity index (χ0n) is 16.7. The fourth-order valence-corrected chi connectivity index (χ4v) is 3.46. The molecule has 2 aromatic rings. The van der Waals surface area contributed by atoms with Gasteiger partial charge in [0.15, 0.2) is 6.21 Å². The number of hydrogen-bond acceptors (Lipinski definition) is 6. The number of amides is 2. The summed E-state index contributed by atoms with van der Waals surface area (Å²) < 4.78 is 5.08. The highest BCUT2D eigenvalue weighted by Gasteiger charge is 2.38. The van der Waals surface area contributed by atoms with Gasteiger partial charge >= 0.3 is 0 Å². The van der Waals surface area contributed by atoms with Gasteiger partial charge in [-0.25, -0.2) is 0 Å². The maximum Gasteiger partial charge on any atom is 0.243 e. The molecule has 1 aromatic heterocycles. The highest BCUT2D eigenvalue weighted by Crippen LogP contribution is 2.20. The van der Waals surface area contributed by atoms with Crippen molar-refractivity contribution in [2.75, 3.05) is 6.54 Å². The molecule has 1 aromatic carbocycles. The van der Waals surface area contributed by atoms with Gasteiger partial charge in [0.05, 0.1) is 23.8 Å². The summed E-state index contributed by atoms with van der Waals surface area (Å²) in [6.07, 6.45) is 2.30. The van der Waals surface area contributed by atoms with Gasteiger partial charge < -0.3 is 25.6 Å². The highest BCUT2D eigenvalue weighted by atomic mass is 16.5.